The van der Waals surface area contributed by atoms with Gasteiger partial charge in [0.05, 0.1) is 5.69 Å². The molecule has 0 radical (unpaired) electrons. The topological polar surface area (TPSA) is 94.3 Å². The van der Waals surface area contributed by atoms with Crippen LogP contribution in [0, 0.1) is 23.2 Å². The van der Waals surface area contributed by atoms with E-state index in [4.69, 9.17) is 10.6 Å². The lowest BCUT2D eigenvalue weighted by Crippen LogP contribution is -2.60. The molecule has 1 aliphatic carbocycles. The van der Waals surface area contributed by atoms with E-state index < -0.39 is 53.5 Å². The zero-order chi connectivity index (χ0) is 20.0. The molecule has 0 aromatic carbocycles. The first kappa shape index (κ1) is 19.9. The number of amides is 1. The molecule has 1 saturated carbocycles. The molecule has 1 aliphatic heterocycles. The normalized spacial score (nSPS) is 35.0. The van der Waals surface area contributed by atoms with Gasteiger partial charge in [-0.15, -0.1) is 0 Å². The number of esters is 1. The maximum absolute atomic E-state index is 14.8. The van der Waals surface area contributed by atoms with Crippen molar-refractivity contribution in [1.29, 1.82) is 0 Å². The zero-order valence-corrected chi connectivity index (χ0v) is 16.4. The van der Waals surface area contributed by atoms with Gasteiger partial charge in [0.2, 0.25) is 0 Å². The number of nitrogens with one attached hydrogen (secondary N) is 1. The molecule has 0 spiro atoms. The molecule has 0 unspecified atom stereocenters. The Kier molecular flexibility index (Phi) is 5.11. The lowest BCUT2D eigenvalue weighted by Gasteiger charge is -2.46. The van der Waals surface area contributed by atoms with E-state index in [1.807, 2.05) is 5.43 Å². The third kappa shape index (κ3) is 3.16. The Morgan fingerprint density at radius 1 is 1.44 bits per heavy atom. The molecular weight excluding hydrogens is 424 g/mol. The molecule has 3 rings (SSSR count). The van der Waals surface area contributed by atoms with Gasteiger partial charge in [-0.2, -0.15) is 0 Å². The van der Waals surface area contributed by atoms with Crippen LogP contribution in [0.4, 0.5) is 8.78 Å². The van der Waals surface area contributed by atoms with Crippen LogP contribution in [0.2, 0.25) is 0 Å². The first-order valence-electron chi connectivity index (χ1n) is 8.53. The van der Waals surface area contributed by atoms with Crippen LogP contribution >= 0.6 is 15.9 Å². The van der Waals surface area contributed by atoms with Gasteiger partial charge >= 0.3 is 5.97 Å². The van der Waals surface area contributed by atoms with Gasteiger partial charge < -0.3 is 4.74 Å². The fraction of sp³-hybridized carbons (Fsp3) is 0.500. The molecule has 27 heavy (non-hydrogen) atoms. The number of rotatable bonds is 3. The number of hydrazine groups is 1. The molecule has 9 heteroatoms. The van der Waals surface area contributed by atoms with Gasteiger partial charge in [0.1, 0.15) is 6.10 Å². The van der Waals surface area contributed by atoms with Gasteiger partial charge in [-0.05, 0) is 47.0 Å². The number of halogens is 3. The van der Waals surface area contributed by atoms with Crippen LogP contribution in [0.25, 0.3) is 6.08 Å². The van der Waals surface area contributed by atoms with E-state index in [9.17, 15) is 18.4 Å². The van der Waals surface area contributed by atoms with Gasteiger partial charge in [0.15, 0.2) is 5.41 Å². The number of nitrogens with two attached hydrogens (primary N) is 1. The highest BCUT2D eigenvalue weighted by atomic mass is 79.9. The van der Waals surface area contributed by atoms with Crippen LogP contribution in [-0.2, 0) is 14.3 Å². The summed E-state index contributed by atoms with van der Waals surface area (Å²) in [6.45, 7) is 3.03. The molecule has 2 aliphatic rings. The number of hydrogen-bond acceptors (Lipinski definition) is 5. The minimum Gasteiger partial charge on any atom is -0.461 e. The number of alkyl halides is 2. The van der Waals surface area contributed by atoms with Crippen LogP contribution in [-0.4, -0.2) is 28.9 Å². The summed E-state index contributed by atoms with van der Waals surface area (Å²) in [5.41, 5.74) is 0.454. The van der Waals surface area contributed by atoms with Gasteiger partial charge in [-0.1, -0.05) is 13.0 Å². The molecule has 6 nitrogen and oxygen atoms in total. The number of carbonyl (C=O) groups is 2. The average Bonchev–Trinajstić information content (AvgIpc) is 2.86. The maximum Gasteiger partial charge on any atom is 0.322 e. The molecule has 1 saturated heterocycles. The van der Waals surface area contributed by atoms with Crippen LogP contribution in [0.3, 0.4) is 0 Å². The number of cyclic esters (lactones) is 1. The van der Waals surface area contributed by atoms with Crippen molar-refractivity contribution in [1.82, 2.24) is 10.4 Å². The van der Waals surface area contributed by atoms with E-state index in [1.54, 1.807) is 37.4 Å². The third-order valence-corrected chi connectivity index (χ3v) is 6.15. The summed E-state index contributed by atoms with van der Waals surface area (Å²) in [7, 11) is 0. The van der Waals surface area contributed by atoms with Crippen molar-refractivity contribution in [3.8, 4) is 0 Å². The Hall–Kier alpha value is -1.87. The second kappa shape index (κ2) is 6.94. The van der Waals surface area contributed by atoms with Crippen molar-refractivity contribution >= 4 is 33.9 Å². The van der Waals surface area contributed by atoms with Crippen molar-refractivity contribution in [2.45, 2.75) is 32.3 Å². The van der Waals surface area contributed by atoms with Crippen molar-refractivity contribution in [2.24, 2.45) is 29.0 Å². The zero-order valence-electron chi connectivity index (χ0n) is 14.8. The molecular formula is C18H20BrF2N3O3. The summed E-state index contributed by atoms with van der Waals surface area (Å²) in [6, 6.07) is 3.51. The molecule has 146 valence electrons. The van der Waals surface area contributed by atoms with E-state index in [-0.39, 0.29) is 0 Å². The third-order valence-electron chi connectivity index (χ3n) is 5.68. The van der Waals surface area contributed by atoms with E-state index in [1.165, 1.54) is 6.92 Å². The Morgan fingerprint density at radius 2 is 2.15 bits per heavy atom. The average molecular weight is 444 g/mol. The quantitative estimate of drug-likeness (QED) is 0.246. The van der Waals surface area contributed by atoms with Crippen molar-refractivity contribution in [2.75, 3.05) is 0 Å². The minimum absolute atomic E-state index is 0.575. The van der Waals surface area contributed by atoms with Crippen LogP contribution in [0.5, 0.6) is 0 Å². The van der Waals surface area contributed by atoms with E-state index in [2.05, 4.69) is 20.9 Å². The molecule has 2 fully saturated rings. The first-order chi connectivity index (χ1) is 12.6. The van der Waals surface area contributed by atoms with Gasteiger partial charge in [-0.25, -0.2) is 14.6 Å². The smallest absolute Gasteiger partial charge is 0.322 e. The van der Waals surface area contributed by atoms with E-state index in [0.717, 1.165) is 4.47 Å². The van der Waals surface area contributed by atoms with Crippen molar-refractivity contribution in [3.05, 3.63) is 34.6 Å². The van der Waals surface area contributed by atoms with Crippen LogP contribution < -0.4 is 11.3 Å². The molecule has 2 heterocycles. The monoisotopic (exact) mass is 443 g/mol. The highest BCUT2D eigenvalue weighted by Gasteiger charge is 2.71. The molecule has 1 amide bonds. The number of hydrogen-bond donors (Lipinski definition) is 2. The Morgan fingerprint density at radius 3 is 2.74 bits per heavy atom. The Balaban J connectivity index is 2.06. The summed E-state index contributed by atoms with van der Waals surface area (Å²) in [5, 5.41) is 0. The Labute approximate surface area is 163 Å². The van der Waals surface area contributed by atoms with E-state index >= 15 is 0 Å². The lowest BCUT2D eigenvalue weighted by atomic mass is 9.56. The van der Waals surface area contributed by atoms with Gasteiger partial charge in [-0.3, -0.25) is 20.0 Å². The predicted octanol–water partition coefficient (Wildman–Crippen LogP) is 2.69. The largest absolute Gasteiger partial charge is 0.461 e. The number of allylic oxidation sites excluding steroid dienone is 1. The van der Waals surface area contributed by atoms with Crippen molar-refractivity contribution < 1.29 is 23.1 Å². The number of carbonyl (C=O) groups excluding carboxylic acids is 2. The molecule has 0 bridgehead atoms. The number of aromatic nitrogens is 1. The first-order valence-corrected chi connectivity index (χ1v) is 9.32. The SMILES string of the molecule is C[C@H]1OC(=O)[C@]2(C(=O)NN)CC(F)(F)[C@@H](C)[C@H](C=Cc3ccc(Br)cn3)[C@H]12. The highest BCUT2D eigenvalue weighted by Crippen LogP contribution is 2.59. The molecule has 3 N–H and O–H groups in total. The second-order valence-corrected chi connectivity index (χ2v) is 8.06. The summed E-state index contributed by atoms with van der Waals surface area (Å²) in [6.07, 6.45) is 3.20. The number of ether oxygens (including phenoxy) is 1. The number of nitrogens with zero attached hydrogens (tertiary/aromatic N) is 1. The minimum atomic E-state index is -3.24. The lowest BCUT2D eigenvalue weighted by molar-refractivity contribution is -0.178. The van der Waals surface area contributed by atoms with Gasteiger partial charge in [0, 0.05) is 28.9 Å². The standard InChI is InChI=1S/C18H20BrF2N3O3/c1-9-13(6-5-12-4-3-11(19)7-23-12)14-10(2)27-16(26)17(14,15(25)24-22)8-18(9,20)21/h3-7,9-10,13-14H,8,22H2,1-2H3,(H,24,25)/t9-,10+,13-,14-,17+/m0/s1. The molecule has 1 aromatic rings. The predicted molar refractivity (Wildman–Crippen MR) is 97.0 cm³/mol. The summed E-state index contributed by atoms with van der Waals surface area (Å²) in [4.78, 5) is 29.1. The second-order valence-electron chi connectivity index (χ2n) is 7.15. The molecule has 1 aromatic heterocycles. The molecule has 5 atom stereocenters. The number of fused-ring (bicyclic) bond motifs is 1. The van der Waals surface area contributed by atoms with Crippen LogP contribution in [0.1, 0.15) is 26.0 Å². The maximum atomic E-state index is 14.8. The highest BCUT2D eigenvalue weighted by molar-refractivity contribution is 9.10. The van der Waals surface area contributed by atoms with Crippen LogP contribution in [0.15, 0.2) is 28.9 Å². The van der Waals surface area contributed by atoms with E-state index in [0.29, 0.717) is 5.69 Å². The summed E-state index contributed by atoms with van der Waals surface area (Å²) in [5.74, 6) is -2.53. The van der Waals surface area contributed by atoms with Gasteiger partial charge in [0.25, 0.3) is 11.8 Å². The fourth-order valence-corrected chi connectivity index (χ4v) is 4.51. The number of pyridine rings is 1. The fourth-order valence-electron chi connectivity index (χ4n) is 4.28. The summed E-state index contributed by atoms with van der Waals surface area (Å²) >= 11 is 3.28. The summed E-state index contributed by atoms with van der Waals surface area (Å²) < 4.78 is 35.7. The Bertz CT molecular complexity index is 777. The van der Waals surface area contributed by atoms with Crippen molar-refractivity contribution in [3.63, 3.8) is 0 Å².